The Kier molecular flexibility index (Phi) is 6.92. The molecule has 3 aromatic rings. The van der Waals surface area contributed by atoms with Gasteiger partial charge in [-0.2, -0.15) is 0 Å². The van der Waals surface area contributed by atoms with Gasteiger partial charge in [0, 0.05) is 0 Å². The fourth-order valence-corrected chi connectivity index (χ4v) is 2.98. The van der Waals surface area contributed by atoms with Gasteiger partial charge in [0.05, 0.1) is 12.6 Å². The van der Waals surface area contributed by atoms with E-state index >= 15 is 0 Å². The van der Waals surface area contributed by atoms with Crippen LogP contribution < -0.4 is 15.6 Å². The SMILES string of the molecule is C[C@@H](C(=O)Nc1ccc(Cl)n(Cc2cccc(Oc3ccccc3)c2)c1=O)N(C)C. The molecule has 1 heterocycles. The van der Waals surface area contributed by atoms with Gasteiger partial charge >= 0.3 is 0 Å². The molecule has 0 aliphatic heterocycles. The molecule has 0 fully saturated rings. The first-order chi connectivity index (χ1) is 14.3. The smallest absolute Gasteiger partial charge is 0.275 e. The molecule has 6 nitrogen and oxygen atoms in total. The molecular weight excluding hydrogens is 402 g/mol. The van der Waals surface area contributed by atoms with Crippen LogP contribution in [0.5, 0.6) is 11.5 Å². The number of aromatic nitrogens is 1. The highest BCUT2D eigenvalue weighted by Crippen LogP contribution is 2.22. The van der Waals surface area contributed by atoms with Crippen molar-refractivity contribution in [3.8, 4) is 11.5 Å². The fraction of sp³-hybridized carbons (Fsp3) is 0.217. The maximum atomic E-state index is 12.9. The Labute approximate surface area is 180 Å². The van der Waals surface area contributed by atoms with Crippen molar-refractivity contribution in [2.45, 2.75) is 19.5 Å². The van der Waals surface area contributed by atoms with Crippen molar-refractivity contribution in [2.24, 2.45) is 0 Å². The number of nitrogens with one attached hydrogen (secondary N) is 1. The van der Waals surface area contributed by atoms with Crippen molar-refractivity contribution in [1.29, 1.82) is 0 Å². The molecular formula is C23H24ClN3O3. The Morgan fingerprint density at radius 1 is 1.07 bits per heavy atom. The maximum absolute atomic E-state index is 12.9. The molecule has 0 aliphatic rings. The number of ether oxygens (including phenoxy) is 1. The predicted octanol–water partition coefficient (Wildman–Crippen LogP) is 4.23. The number of halogens is 1. The molecule has 0 saturated heterocycles. The number of hydrogen-bond donors (Lipinski definition) is 1. The summed E-state index contributed by atoms with van der Waals surface area (Å²) in [4.78, 5) is 27.0. The Balaban J connectivity index is 1.82. The summed E-state index contributed by atoms with van der Waals surface area (Å²) in [5.41, 5.74) is 0.670. The van der Waals surface area contributed by atoms with Crippen LogP contribution in [0.3, 0.4) is 0 Å². The van der Waals surface area contributed by atoms with E-state index < -0.39 is 0 Å². The highest BCUT2D eigenvalue weighted by atomic mass is 35.5. The Hall–Kier alpha value is -3.09. The van der Waals surface area contributed by atoms with E-state index in [-0.39, 0.29) is 34.9 Å². The highest BCUT2D eigenvalue weighted by Gasteiger charge is 2.17. The number of carbonyl (C=O) groups is 1. The zero-order chi connectivity index (χ0) is 21.7. The summed E-state index contributed by atoms with van der Waals surface area (Å²) in [6, 6.07) is 19.7. The number of rotatable bonds is 7. The van der Waals surface area contributed by atoms with Gasteiger partial charge < -0.3 is 10.1 Å². The molecule has 3 rings (SSSR count). The first kappa shape index (κ1) is 21.6. The van der Waals surface area contributed by atoms with Crippen molar-refractivity contribution >= 4 is 23.2 Å². The molecule has 1 aromatic heterocycles. The van der Waals surface area contributed by atoms with Crippen LogP contribution in [0.4, 0.5) is 5.69 Å². The normalized spacial score (nSPS) is 11.9. The molecule has 1 atom stereocenters. The van der Waals surface area contributed by atoms with Crippen LogP contribution in [0.1, 0.15) is 12.5 Å². The van der Waals surface area contributed by atoms with Crippen LogP contribution >= 0.6 is 11.6 Å². The zero-order valence-electron chi connectivity index (χ0n) is 17.1. The van der Waals surface area contributed by atoms with E-state index in [0.29, 0.717) is 5.75 Å². The molecule has 0 unspecified atom stereocenters. The fourth-order valence-electron chi connectivity index (χ4n) is 2.78. The number of anilines is 1. The standard InChI is InChI=1S/C23H24ClN3O3/c1-16(26(2)3)22(28)25-20-12-13-21(24)27(23(20)29)15-17-8-7-11-19(14-17)30-18-9-5-4-6-10-18/h4-14,16H,15H2,1-3H3,(H,25,28)/t16-/m0/s1. The van der Waals surface area contributed by atoms with Crippen LogP contribution in [-0.2, 0) is 11.3 Å². The van der Waals surface area contributed by atoms with Crippen LogP contribution in [-0.4, -0.2) is 35.5 Å². The summed E-state index contributed by atoms with van der Waals surface area (Å²) in [5.74, 6) is 1.13. The minimum atomic E-state index is -0.375. The molecule has 0 spiro atoms. The second-order valence-electron chi connectivity index (χ2n) is 7.15. The third-order valence-corrected chi connectivity index (χ3v) is 5.08. The number of likely N-dealkylation sites (N-methyl/N-ethyl adjacent to an activating group) is 1. The number of para-hydroxylation sites is 1. The van der Waals surface area contributed by atoms with Crippen LogP contribution in [0, 0.1) is 0 Å². The molecule has 30 heavy (non-hydrogen) atoms. The van der Waals surface area contributed by atoms with E-state index in [4.69, 9.17) is 16.3 Å². The quantitative estimate of drug-likeness (QED) is 0.575. The summed E-state index contributed by atoms with van der Waals surface area (Å²) in [6.45, 7) is 2.01. The number of nitrogens with zero attached hydrogens (tertiary/aromatic N) is 2. The highest BCUT2D eigenvalue weighted by molar-refractivity contribution is 6.29. The van der Waals surface area contributed by atoms with Gasteiger partial charge in [0.25, 0.3) is 5.56 Å². The van der Waals surface area contributed by atoms with E-state index in [1.54, 1.807) is 32.0 Å². The van der Waals surface area contributed by atoms with E-state index in [9.17, 15) is 9.59 Å². The topological polar surface area (TPSA) is 63.6 Å². The summed E-state index contributed by atoms with van der Waals surface area (Å²) in [7, 11) is 3.60. The van der Waals surface area contributed by atoms with E-state index in [0.717, 1.165) is 11.3 Å². The van der Waals surface area contributed by atoms with Crippen LogP contribution in [0.25, 0.3) is 0 Å². The van der Waals surface area contributed by atoms with Gasteiger partial charge in [0.2, 0.25) is 5.91 Å². The summed E-state index contributed by atoms with van der Waals surface area (Å²) >= 11 is 6.28. The second-order valence-corrected chi connectivity index (χ2v) is 7.54. The van der Waals surface area contributed by atoms with Gasteiger partial charge in [-0.05, 0) is 63.0 Å². The molecule has 1 amide bonds. The zero-order valence-corrected chi connectivity index (χ0v) is 17.9. The summed E-state index contributed by atoms with van der Waals surface area (Å²) < 4.78 is 7.28. The van der Waals surface area contributed by atoms with Crippen molar-refractivity contribution in [3.05, 3.63) is 87.8 Å². The number of amides is 1. The lowest BCUT2D eigenvalue weighted by atomic mass is 10.2. The van der Waals surface area contributed by atoms with E-state index in [1.165, 1.54) is 10.6 Å². The Morgan fingerprint density at radius 2 is 1.77 bits per heavy atom. The van der Waals surface area contributed by atoms with Crippen LogP contribution in [0.2, 0.25) is 5.15 Å². The molecule has 156 valence electrons. The van der Waals surface area contributed by atoms with Gasteiger partial charge in [-0.15, -0.1) is 0 Å². The molecule has 0 radical (unpaired) electrons. The lowest BCUT2D eigenvalue weighted by Gasteiger charge is -2.19. The lowest BCUT2D eigenvalue weighted by Crippen LogP contribution is -2.38. The van der Waals surface area contributed by atoms with Gasteiger partial charge in [-0.1, -0.05) is 41.9 Å². The van der Waals surface area contributed by atoms with Gasteiger partial charge in [0.15, 0.2) is 0 Å². The van der Waals surface area contributed by atoms with Gasteiger partial charge in [-0.3, -0.25) is 19.1 Å². The Morgan fingerprint density at radius 3 is 2.47 bits per heavy atom. The molecule has 0 saturated carbocycles. The minimum Gasteiger partial charge on any atom is -0.457 e. The first-order valence-electron chi connectivity index (χ1n) is 9.53. The lowest BCUT2D eigenvalue weighted by molar-refractivity contribution is -0.119. The monoisotopic (exact) mass is 425 g/mol. The second kappa shape index (κ2) is 9.61. The number of pyridine rings is 1. The summed E-state index contributed by atoms with van der Waals surface area (Å²) in [5, 5.41) is 2.98. The average Bonchev–Trinajstić information content (AvgIpc) is 2.73. The molecule has 0 bridgehead atoms. The molecule has 1 N–H and O–H groups in total. The number of benzene rings is 2. The number of hydrogen-bond acceptors (Lipinski definition) is 4. The van der Waals surface area contributed by atoms with Crippen LogP contribution in [0.15, 0.2) is 71.5 Å². The van der Waals surface area contributed by atoms with Gasteiger partial charge in [0.1, 0.15) is 22.3 Å². The van der Waals surface area contributed by atoms with Crippen molar-refractivity contribution in [3.63, 3.8) is 0 Å². The Bertz CT molecular complexity index is 1080. The third-order valence-electron chi connectivity index (χ3n) is 4.75. The summed E-state index contributed by atoms with van der Waals surface area (Å²) in [6.07, 6.45) is 0. The average molecular weight is 426 g/mol. The first-order valence-corrected chi connectivity index (χ1v) is 9.91. The maximum Gasteiger partial charge on any atom is 0.275 e. The predicted molar refractivity (Wildman–Crippen MR) is 120 cm³/mol. The van der Waals surface area contributed by atoms with E-state index in [2.05, 4.69) is 5.32 Å². The third kappa shape index (κ3) is 5.28. The molecule has 0 aliphatic carbocycles. The van der Waals surface area contributed by atoms with Crippen molar-refractivity contribution in [2.75, 3.05) is 19.4 Å². The molecule has 7 heteroatoms. The molecule has 2 aromatic carbocycles. The largest absolute Gasteiger partial charge is 0.457 e. The van der Waals surface area contributed by atoms with Crippen molar-refractivity contribution < 1.29 is 9.53 Å². The number of carbonyl (C=O) groups excluding carboxylic acids is 1. The van der Waals surface area contributed by atoms with E-state index in [1.807, 2.05) is 54.6 Å². The van der Waals surface area contributed by atoms with Crippen molar-refractivity contribution in [1.82, 2.24) is 9.47 Å². The minimum absolute atomic E-state index is 0.190. The van der Waals surface area contributed by atoms with Gasteiger partial charge in [-0.25, -0.2) is 0 Å².